The van der Waals surface area contributed by atoms with E-state index in [1.807, 2.05) is 45.2 Å². The zero-order valence-electron chi connectivity index (χ0n) is 25.1. The topological polar surface area (TPSA) is 50.2 Å². The van der Waals surface area contributed by atoms with Gasteiger partial charge in [0.1, 0.15) is 0 Å². The number of rotatable bonds is 10. The Morgan fingerprint density at radius 3 is 2.21 bits per heavy atom. The Morgan fingerprint density at radius 1 is 1.08 bits per heavy atom. The van der Waals surface area contributed by atoms with Crippen LogP contribution in [0.15, 0.2) is 41.2 Å². The number of aromatic nitrogens is 1. The van der Waals surface area contributed by atoms with Crippen molar-refractivity contribution >= 4 is 31.6 Å². The second kappa shape index (κ2) is 16.8. The van der Waals surface area contributed by atoms with E-state index in [-0.39, 0.29) is 43.5 Å². The summed E-state index contributed by atoms with van der Waals surface area (Å²) in [4.78, 5) is 21.4. The van der Waals surface area contributed by atoms with E-state index >= 15 is 0 Å². The molecule has 0 aliphatic rings. The molecule has 0 saturated heterocycles. The molecule has 0 unspecified atom stereocenters. The van der Waals surface area contributed by atoms with E-state index in [1.54, 1.807) is 0 Å². The van der Waals surface area contributed by atoms with Crippen molar-refractivity contribution in [3.8, 4) is 20.6 Å². The fourth-order valence-electron chi connectivity index (χ4n) is 4.32. The molecule has 39 heavy (non-hydrogen) atoms. The van der Waals surface area contributed by atoms with Gasteiger partial charge in [-0.25, -0.2) is 0 Å². The molecule has 6 heteroatoms. The number of aryl methyl sites for hydroxylation is 2. The summed E-state index contributed by atoms with van der Waals surface area (Å²) in [5.74, 6) is 0.547. The van der Waals surface area contributed by atoms with Gasteiger partial charge in [0.2, 0.25) is 0 Å². The Hall–Kier alpha value is -1.29. The molecule has 0 atom stereocenters. The molecule has 3 aromatic rings. The van der Waals surface area contributed by atoms with Gasteiger partial charge in [0.25, 0.3) is 0 Å². The molecular formula is C33H46IrNO2SSe-. The molecule has 0 amide bonds. The van der Waals surface area contributed by atoms with Crippen molar-refractivity contribution in [1.82, 2.24) is 4.98 Å². The Morgan fingerprint density at radius 2 is 1.69 bits per heavy atom. The van der Waals surface area contributed by atoms with Crippen molar-refractivity contribution in [2.75, 3.05) is 0 Å². The summed E-state index contributed by atoms with van der Waals surface area (Å²) >= 11 is 2.30. The van der Waals surface area contributed by atoms with E-state index in [2.05, 4.69) is 68.8 Å². The molecule has 0 spiro atoms. The number of pyridine rings is 1. The van der Waals surface area contributed by atoms with E-state index in [0.717, 1.165) is 37.8 Å². The quantitative estimate of drug-likeness (QED) is 0.0965. The molecule has 0 bridgehead atoms. The molecule has 3 nitrogen and oxygen atoms in total. The van der Waals surface area contributed by atoms with Gasteiger partial charge in [-0.3, -0.25) is 4.79 Å². The van der Waals surface area contributed by atoms with Gasteiger partial charge in [-0.1, -0.05) is 27.7 Å². The molecule has 0 aliphatic heterocycles. The number of carbonyl (C=O) groups excluding carboxylic acids is 1. The SMILES string of the molecule is CCC(CC)C(=O)/C=C(\O)C(CC)CC.Cc1[c-]c(-c2cc(-c3cc(C)c(CC(C)(C)C)s3)ccn2)[se]c1.[Ir]. The monoisotopic (exact) mass is 793 g/mol. The van der Waals surface area contributed by atoms with Crippen molar-refractivity contribution in [3.05, 3.63) is 63.2 Å². The minimum absolute atomic E-state index is 0. The van der Waals surface area contributed by atoms with Crippen molar-refractivity contribution in [3.63, 3.8) is 0 Å². The largest absolute Gasteiger partial charge is 0 e. The van der Waals surface area contributed by atoms with Crippen LogP contribution in [0.3, 0.4) is 0 Å². The number of thiophene rings is 1. The van der Waals surface area contributed by atoms with E-state index in [1.165, 1.54) is 37.0 Å². The first kappa shape index (κ1) is 35.7. The van der Waals surface area contributed by atoms with Crippen LogP contribution in [0.5, 0.6) is 0 Å². The number of aliphatic hydroxyl groups excluding tert-OH is 1. The van der Waals surface area contributed by atoms with Gasteiger partial charge in [-0.15, -0.1) is 0 Å². The van der Waals surface area contributed by atoms with Crippen LogP contribution in [-0.4, -0.2) is 30.4 Å². The molecule has 1 radical (unpaired) electrons. The Kier molecular flexibility index (Phi) is 15.4. The molecule has 217 valence electrons. The predicted octanol–water partition coefficient (Wildman–Crippen LogP) is 9.41. The summed E-state index contributed by atoms with van der Waals surface area (Å²) in [6.45, 7) is 19.3. The first-order valence-electron chi connectivity index (χ1n) is 13.9. The fraction of sp³-hybridized carbons (Fsp3) is 0.515. The minimum Gasteiger partial charge on any atom is 0 e. The Bertz CT molecular complexity index is 1200. The minimum atomic E-state index is 0. The van der Waals surface area contributed by atoms with Crippen LogP contribution < -0.4 is 0 Å². The third-order valence-electron chi connectivity index (χ3n) is 6.73. The van der Waals surface area contributed by atoms with E-state index in [9.17, 15) is 9.90 Å². The van der Waals surface area contributed by atoms with Crippen LogP contribution in [0, 0.1) is 37.2 Å². The van der Waals surface area contributed by atoms with Gasteiger partial charge >= 0.3 is 149 Å². The van der Waals surface area contributed by atoms with Gasteiger partial charge in [0, 0.05) is 38.0 Å². The summed E-state index contributed by atoms with van der Waals surface area (Å²) in [5.41, 5.74) is 5.33. The second-order valence-electron chi connectivity index (χ2n) is 11.3. The predicted molar refractivity (Wildman–Crippen MR) is 165 cm³/mol. The van der Waals surface area contributed by atoms with Crippen molar-refractivity contribution < 1.29 is 30.0 Å². The molecular weight excluding hydrogens is 746 g/mol. The molecule has 0 aliphatic carbocycles. The standard InChI is InChI=1S/C20H22NSSe.C13H24O2.Ir/c1-13-8-19(23-12-13)16-10-15(6-7-21-16)17-9-14(2)18(22-17)11-20(3,4)5;1-5-10(6-2)12(14)9-13(15)11(7-3)8-4;/h6-7,9-10,12H,11H2,1-5H3;9-11,14H,5-8H2,1-4H3;/q-1;;/b;12-9-;. The Balaban J connectivity index is 0.000000418. The van der Waals surface area contributed by atoms with Gasteiger partial charge < -0.3 is 5.11 Å². The number of aliphatic hydroxyl groups is 1. The number of allylic oxidation sites excluding steroid dienone is 2. The van der Waals surface area contributed by atoms with Crippen LogP contribution in [0.25, 0.3) is 20.6 Å². The van der Waals surface area contributed by atoms with E-state index in [0.29, 0.717) is 19.9 Å². The van der Waals surface area contributed by atoms with Crippen LogP contribution in [0.2, 0.25) is 0 Å². The summed E-state index contributed by atoms with van der Waals surface area (Å²) in [5, 5.41) is 9.76. The number of hydrogen-bond acceptors (Lipinski definition) is 4. The summed E-state index contributed by atoms with van der Waals surface area (Å²) < 4.78 is 1.26. The maximum atomic E-state index is 11.7. The average molecular weight is 792 g/mol. The molecule has 3 rings (SSSR count). The third kappa shape index (κ3) is 11.2. The normalized spacial score (nSPS) is 11.8. The number of carbonyl (C=O) groups is 1. The average Bonchev–Trinajstić information content (AvgIpc) is 3.45. The van der Waals surface area contributed by atoms with Crippen LogP contribution in [0.4, 0.5) is 0 Å². The van der Waals surface area contributed by atoms with Crippen LogP contribution in [0.1, 0.15) is 90.2 Å². The molecule has 1 N–H and O–H groups in total. The third-order valence-corrected chi connectivity index (χ3v) is 10.2. The fourth-order valence-corrected chi connectivity index (χ4v) is 7.48. The maximum absolute atomic E-state index is 11.7. The molecule has 3 aromatic heterocycles. The number of hydrogen-bond donors (Lipinski definition) is 1. The molecule has 3 heterocycles. The van der Waals surface area contributed by atoms with Crippen molar-refractivity contribution in [1.29, 1.82) is 0 Å². The van der Waals surface area contributed by atoms with E-state index in [4.69, 9.17) is 0 Å². The molecule has 0 aromatic carbocycles. The first-order chi connectivity index (χ1) is 17.9. The number of ketones is 1. The summed E-state index contributed by atoms with van der Waals surface area (Å²) in [6.07, 6.45) is 7.97. The van der Waals surface area contributed by atoms with Gasteiger partial charge in [-0.05, 0) is 25.7 Å². The summed E-state index contributed by atoms with van der Waals surface area (Å²) in [6, 6.07) is 10.1. The van der Waals surface area contributed by atoms with Gasteiger partial charge in [0.05, 0.1) is 5.76 Å². The van der Waals surface area contributed by atoms with Crippen LogP contribution >= 0.6 is 11.3 Å². The molecule has 0 saturated carbocycles. The number of nitrogens with zero attached hydrogens (tertiary/aromatic N) is 1. The van der Waals surface area contributed by atoms with Gasteiger partial charge in [0.15, 0.2) is 5.78 Å². The maximum Gasteiger partial charge on any atom is 0 e. The summed E-state index contributed by atoms with van der Waals surface area (Å²) in [7, 11) is 0. The van der Waals surface area contributed by atoms with Gasteiger partial charge in [-0.2, -0.15) is 0 Å². The zero-order chi connectivity index (χ0) is 28.5. The zero-order valence-corrected chi connectivity index (χ0v) is 30.0. The molecule has 0 fully saturated rings. The Labute approximate surface area is 260 Å². The second-order valence-corrected chi connectivity index (χ2v) is 14.2. The van der Waals surface area contributed by atoms with Crippen molar-refractivity contribution in [2.24, 2.45) is 17.3 Å². The van der Waals surface area contributed by atoms with Crippen molar-refractivity contribution in [2.45, 2.75) is 94.4 Å². The van der Waals surface area contributed by atoms with Crippen LogP contribution in [-0.2, 0) is 31.3 Å². The van der Waals surface area contributed by atoms with E-state index < -0.39 is 0 Å². The first-order valence-corrected chi connectivity index (χ1v) is 16.6. The smallest absolute Gasteiger partial charge is 0 e.